The first-order valence-corrected chi connectivity index (χ1v) is 7.19. The van der Waals surface area contributed by atoms with Crippen molar-refractivity contribution >= 4 is 5.78 Å². The van der Waals surface area contributed by atoms with Gasteiger partial charge in [-0.25, -0.2) is 0 Å². The Morgan fingerprint density at radius 2 is 1.88 bits per heavy atom. The minimum absolute atomic E-state index is 0.134. The van der Waals surface area contributed by atoms with Gasteiger partial charge < -0.3 is 24.9 Å². The molecule has 0 radical (unpaired) electrons. The topological polar surface area (TPSA) is 110 Å². The maximum Gasteiger partial charge on any atom is 0.203 e. The molecule has 1 aromatic carbocycles. The van der Waals surface area contributed by atoms with E-state index in [1.807, 2.05) is 6.07 Å². The maximum absolute atomic E-state index is 12.1. The van der Waals surface area contributed by atoms with Crippen LogP contribution in [0.4, 0.5) is 0 Å². The molecule has 7 heteroatoms. The summed E-state index contributed by atoms with van der Waals surface area (Å²) in [5, 5.41) is 9.31. The number of aromatic amines is 1. The predicted molar refractivity (Wildman–Crippen MR) is 88.5 cm³/mol. The fourth-order valence-electron chi connectivity index (χ4n) is 2.74. The van der Waals surface area contributed by atoms with E-state index in [-0.39, 0.29) is 23.6 Å². The van der Waals surface area contributed by atoms with Crippen LogP contribution in [0.3, 0.4) is 0 Å². The number of Topliss-reactive ketones (excluding diaryl/α,β-unsaturated/α-hetero) is 1. The molecule has 7 nitrogen and oxygen atoms in total. The Morgan fingerprint density at radius 1 is 1.21 bits per heavy atom. The summed E-state index contributed by atoms with van der Waals surface area (Å²) in [5.74, 6) is 1.05. The van der Waals surface area contributed by atoms with Crippen LogP contribution >= 0.6 is 0 Å². The van der Waals surface area contributed by atoms with Crippen molar-refractivity contribution in [3.05, 3.63) is 29.1 Å². The number of ether oxygens (including phenoxy) is 3. The van der Waals surface area contributed by atoms with Crippen LogP contribution in [-0.2, 0) is 6.54 Å². The van der Waals surface area contributed by atoms with Crippen LogP contribution in [0.5, 0.6) is 17.2 Å². The third-order valence-electron chi connectivity index (χ3n) is 3.72. The molecular formula is C17H19N3O4. The number of aromatic nitrogens is 1. The van der Waals surface area contributed by atoms with Gasteiger partial charge in [0.25, 0.3) is 0 Å². The molecule has 0 unspecified atom stereocenters. The van der Waals surface area contributed by atoms with Gasteiger partial charge in [-0.2, -0.15) is 5.26 Å². The minimum atomic E-state index is -0.241. The number of nitriles is 1. The summed E-state index contributed by atoms with van der Waals surface area (Å²) < 4.78 is 16.1. The first kappa shape index (κ1) is 17.4. The standard InChI is InChI=1S/C17H19N3O4/c1-9(21)14-11(7-18)20-12(8-19)15(14)10-5-6-13(22-2)17(24-4)16(10)23-3/h5-6,20H,8,19H2,1-4H3. The highest BCUT2D eigenvalue weighted by molar-refractivity contribution is 6.04. The summed E-state index contributed by atoms with van der Waals surface area (Å²) in [6, 6.07) is 5.46. The first-order valence-electron chi connectivity index (χ1n) is 7.19. The molecule has 0 aliphatic carbocycles. The zero-order valence-corrected chi connectivity index (χ0v) is 14.0. The highest BCUT2D eigenvalue weighted by Crippen LogP contribution is 2.46. The average Bonchev–Trinajstić information content (AvgIpc) is 2.98. The number of methoxy groups -OCH3 is 3. The Morgan fingerprint density at radius 3 is 2.33 bits per heavy atom. The van der Waals surface area contributed by atoms with Crippen molar-refractivity contribution in [2.75, 3.05) is 21.3 Å². The smallest absolute Gasteiger partial charge is 0.203 e. The van der Waals surface area contributed by atoms with Gasteiger partial charge in [0.1, 0.15) is 11.8 Å². The van der Waals surface area contributed by atoms with Crippen molar-refractivity contribution in [2.45, 2.75) is 13.5 Å². The lowest BCUT2D eigenvalue weighted by molar-refractivity contribution is 0.101. The van der Waals surface area contributed by atoms with E-state index in [1.165, 1.54) is 28.3 Å². The van der Waals surface area contributed by atoms with Crippen LogP contribution in [0, 0.1) is 11.3 Å². The number of ketones is 1. The molecule has 0 amide bonds. The quantitative estimate of drug-likeness (QED) is 0.786. The van der Waals surface area contributed by atoms with E-state index in [2.05, 4.69) is 4.98 Å². The van der Waals surface area contributed by atoms with Gasteiger partial charge in [-0.05, 0) is 19.1 Å². The van der Waals surface area contributed by atoms with Crippen LogP contribution in [0.2, 0.25) is 0 Å². The Kier molecular flexibility index (Phi) is 5.11. The SMILES string of the molecule is COc1ccc(-c2c(CN)[nH]c(C#N)c2C(C)=O)c(OC)c1OC. The van der Waals surface area contributed by atoms with Crippen molar-refractivity contribution < 1.29 is 19.0 Å². The third-order valence-corrected chi connectivity index (χ3v) is 3.72. The fraction of sp³-hybridized carbons (Fsp3) is 0.294. The first-order chi connectivity index (χ1) is 11.5. The third kappa shape index (κ3) is 2.68. The van der Waals surface area contributed by atoms with Crippen molar-refractivity contribution in [1.82, 2.24) is 4.98 Å². The van der Waals surface area contributed by atoms with E-state index in [0.717, 1.165) is 0 Å². The van der Waals surface area contributed by atoms with E-state index in [4.69, 9.17) is 19.9 Å². The van der Waals surface area contributed by atoms with Crippen molar-refractivity contribution in [1.29, 1.82) is 5.26 Å². The van der Waals surface area contributed by atoms with E-state index < -0.39 is 0 Å². The average molecular weight is 329 g/mol. The van der Waals surface area contributed by atoms with Crippen LogP contribution in [0.15, 0.2) is 12.1 Å². The molecule has 0 aliphatic heterocycles. The summed E-state index contributed by atoms with van der Waals surface area (Å²) in [5.41, 5.74) is 7.96. The Bertz CT molecular complexity index is 818. The molecule has 0 bridgehead atoms. The van der Waals surface area contributed by atoms with Gasteiger partial charge in [0, 0.05) is 23.4 Å². The number of carbonyl (C=O) groups excluding carboxylic acids is 1. The Hall–Kier alpha value is -2.98. The van der Waals surface area contributed by atoms with Crippen LogP contribution < -0.4 is 19.9 Å². The number of hydrogen-bond acceptors (Lipinski definition) is 6. The second-order valence-electron chi connectivity index (χ2n) is 4.98. The number of benzene rings is 1. The molecule has 0 saturated heterocycles. The van der Waals surface area contributed by atoms with Gasteiger partial charge >= 0.3 is 0 Å². The number of nitrogens with zero attached hydrogens (tertiary/aromatic N) is 1. The monoisotopic (exact) mass is 329 g/mol. The van der Waals surface area contributed by atoms with E-state index in [1.54, 1.807) is 12.1 Å². The van der Waals surface area contributed by atoms with E-state index in [9.17, 15) is 10.1 Å². The lowest BCUT2D eigenvalue weighted by Crippen LogP contribution is -2.03. The predicted octanol–water partition coefficient (Wildman–Crippen LogP) is 2.24. The number of carbonyl (C=O) groups is 1. The number of rotatable bonds is 6. The summed E-state index contributed by atoms with van der Waals surface area (Å²) in [6.07, 6.45) is 0. The molecule has 0 saturated carbocycles. The lowest BCUT2D eigenvalue weighted by Gasteiger charge is -2.16. The Balaban J connectivity index is 2.89. The fourth-order valence-corrected chi connectivity index (χ4v) is 2.74. The van der Waals surface area contributed by atoms with Gasteiger partial charge in [0.2, 0.25) is 5.75 Å². The summed E-state index contributed by atoms with van der Waals surface area (Å²) in [7, 11) is 4.51. The van der Waals surface area contributed by atoms with Gasteiger partial charge in [-0.1, -0.05) is 0 Å². The lowest BCUT2D eigenvalue weighted by atomic mass is 9.96. The molecule has 0 fully saturated rings. The number of nitrogens with one attached hydrogen (secondary N) is 1. The van der Waals surface area contributed by atoms with Gasteiger partial charge in [0.05, 0.1) is 26.9 Å². The summed E-state index contributed by atoms with van der Waals surface area (Å²) in [6.45, 7) is 1.54. The zero-order valence-electron chi connectivity index (χ0n) is 14.0. The van der Waals surface area contributed by atoms with Crippen molar-refractivity contribution in [3.63, 3.8) is 0 Å². The maximum atomic E-state index is 12.1. The highest BCUT2D eigenvalue weighted by atomic mass is 16.5. The minimum Gasteiger partial charge on any atom is -0.493 e. The molecule has 0 spiro atoms. The van der Waals surface area contributed by atoms with Gasteiger partial charge in [0.15, 0.2) is 17.3 Å². The molecule has 1 heterocycles. The molecule has 0 atom stereocenters. The summed E-state index contributed by atoms with van der Waals surface area (Å²) in [4.78, 5) is 15.0. The largest absolute Gasteiger partial charge is 0.493 e. The zero-order chi connectivity index (χ0) is 17.9. The molecule has 2 aromatic rings. The Labute approximate surface area is 139 Å². The second-order valence-corrected chi connectivity index (χ2v) is 4.98. The molecule has 126 valence electrons. The molecule has 1 aromatic heterocycles. The van der Waals surface area contributed by atoms with Gasteiger partial charge in [-0.15, -0.1) is 0 Å². The number of H-pyrrole nitrogens is 1. The van der Waals surface area contributed by atoms with Gasteiger partial charge in [-0.3, -0.25) is 4.79 Å². The van der Waals surface area contributed by atoms with Crippen LogP contribution in [0.1, 0.15) is 28.7 Å². The van der Waals surface area contributed by atoms with Crippen molar-refractivity contribution in [2.24, 2.45) is 5.73 Å². The number of nitrogens with two attached hydrogens (primary N) is 1. The summed E-state index contributed by atoms with van der Waals surface area (Å²) >= 11 is 0. The highest BCUT2D eigenvalue weighted by Gasteiger charge is 2.26. The molecular weight excluding hydrogens is 310 g/mol. The van der Waals surface area contributed by atoms with E-state index in [0.29, 0.717) is 34.1 Å². The van der Waals surface area contributed by atoms with Crippen LogP contribution in [-0.4, -0.2) is 32.1 Å². The van der Waals surface area contributed by atoms with Crippen LogP contribution in [0.25, 0.3) is 11.1 Å². The molecule has 24 heavy (non-hydrogen) atoms. The molecule has 3 N–H and O–H groups in total. The van der Waals surface area contributed by atoms with E-state index >= 15 is 0 Å². The number of hydrogen-bond donors (Lipinski definition) is 2. The normalized spacial score (nSPS) is 10.2. The second kappa shape index (κ2) is 7.06. The molecule has 2 rings (SSSR count). The van der Waals surface area contributed by atoms with Crippen molar-refractivity contribution in [3.8, 4) is 34.4 Å². The molecule has 0 aliphatic rings.